The molecular formula is C11H15NO. The molecule has 13 heavy (non-hydrogen) atoms. The van der Waals surface area contributed by atoms with E-state index >= 15 is 0 Å². The molecule has 0 unspecified atom stereocenters. The van der Waals surface area contributed by atoms with E-state index < -0.39 is 0 Å². The molecule has 1 amide bonds. The van der Waals surface area contributed by atoms with Gasteiger partial charge in [-0.25, -0.2) is 0 Å². The van der Waals surface area contributed by atoms with E-state index in [9.17, 15) is 4.79 Å². The highest BCUT2D eigenvalue weighted by Crippen LogP contribution is 2.27. The second-order valence-electron chi connectivity index (χ2n) is 3.33. The molecule has 2 nitrogen and oxygen atoms in total. The summed E-state index contributed by atoms with van der Waals surface area (Å²) in [4.78, 5) is 9.98. The summed E-state index contributed by atoms with van der Waals surface area (Å²) in [5.41, 5.74) is 6.18. The van der Waals surface area contributed by atoms with E-state index in [1.54, 1.807) is 0 Å². The Morgan fingerprint density at radius 3 is 2.00 bits per heavy atom. The van der Waals surface area contributed by atoms with Crippen molar-refractivity contribution in [2.75, 3.05) is 0 Å². The summed E-state index contributed by atoms with van der Waals surface area (Å²) >= 11 is 0. The van der Waals surface area contributed by atoms with Gasteiger partial charge in [-0.15, -0.1) is 0 Å². The maximum Gasteiger partial charge on any atom is 0.220 e. The zero-order chi connectivity index (χ0) is 9.68. The monoisotopic (exact) mass is 177 g/mol. The molecule has 1 aliphatic carbocycles. The van der Waals surface area contributed by atoms with Crippen LogP contribution in [-0.2, 0) is 4.79 Å². The number of nitrogens with two attached hydrogens (primary N) is 1. The van der Waals surface area contributed by atoms with Crippen molar-refractivity contribution >= 4 is 5.91 Å². The summed E-state index contributed by atoms with van der Waals surface area (Å²) in [6.07, 6.45) is 2.05. The number of amides is 1. The van der Waals surface area contributed by atoms with Crippen molar-refractivity contribution in [2.45, 2.75) is 19.8 Å². The van der Waals surface area contributed by atoms with E-state index in [0.29, 0.717) is 0 Å². The number of aryl methyl sites for hydroxylation is 1. The Bertz CT molecular complexity index is 265. The molecule has 0 aliphatic heterocycles. The van der Waals surface area contributed by atoms with Crippen LogP contribution in [-0.4, -0.2) is 5.91 Å². The smallest absolute Gasteiger partial charge is 0.220 e. The first-order chi connectivity index (χ1) is 6.20. The van der Waals surface area contributed by atoms with Crippen LogP contribution in [0.4, 0.5) is 0 Å². The van der Waals surface area contributed by atoms with Gasteiger partial charge in [0.25, 0.3) is 0 Å². The van der Waals surface area contributed by atoms with E-state index in [0.717, 1.165) is 12.8 Å². The maximum atomic E-state index is 9.98. The largest absolute Gasteiger partial charge is 0.369 e. The first-order valence-corrected chi connectivity index (χ1v) is 4.51. The Balaban J connectivity index is 0.000000132. The molecule has 1 saturated carbocycles. The summed E-state index contributed by atoms with van der Waals surface area (Å²) in [6, 6.07) is 10.3. The molecular weight excluding hydrogens is 162 g/mol. The summed E-state index contributed by atoms with van der Waals surface area (Å²) in [7, 11) is 0. The molecule has 0 aromatic heterocycles. The predicted molar refractivity (Wildman–Crippen MR) is 53.1 cm³/mol. The third-order valence-corrected chi connectivity index (χ3v) is 1.92. The Labute approximate surface area is 78.8 Å². The van der Waals surface area contributed by atoms with Crippen LogP contribution in [0.15, 0.2) is 30.3 Å². The van der Waals surface area contributed by atoms with Gasteiger partial charge in [0.1, 0.15) is 0 Å². The minimum atomic E-state index is -0.130. The van der Waals surface area contributed by atoms with Gasteiger partial charge in [0.05, 0.1) is 0 Å². The first kappa shape index (κ1) is 9.78. The van der Waals surface area contributed by atoms with Crippen LogP contribution in [0.3, 0.4) is 0 Å². The standard InChI is InChI=1S/C7H8.C4H7NO/c1-7-5-3-2-4-6-7;5-4(6)3-1-2-3/h2-6H,1H3;3H,1-2H2,(H2,5,6). The van der Waals surface area contributed by atoms with E-state index in [-0.39, 0.29) is 11.8 Å². The van der Waals surface area contributed by atoms with Crippen LogP contribution in [0.25, 0.3) is 0 Å². The zero-order valence-corrected chi connectivity index (χ0v) is 7.86. The van der Waals surface area contributed by atoms with Gasteiger partial charge in [-0.05, 0) is 19.8 Å². The minimum Gasteiger partial charge on any atom is -0.369 e. The number of hydrogen-bond donors (Lipinski definition) is 1. The molecule has 2 rings (SSSR count). The van der Waals surface area contributed by atoms with Crippen LogP contribution >= 0.6 is 0 Å². The van der Waals surface area contributed by atoms with Gasteiger partial charge in [-0.2, -0.15) is 0 Å². The lowest BCUT2D eigenvalue weighted by Crippen LogP contribution is -2.11. The van der Waals surface area contributed by atoms with Gasteiger partial charge in [-0.1, -0.05) is 35.9 Å². The Morgan fingerprint density at radius 1 is 1.31 bits per heavy atom. The second-order valence-corrected chi connectivity index (χ2v) is 3.33. The van der Waals surface area contributed by atoms with Gasteiger partial charge in [0, 0.05) is 5.92 Å². The summed E-state index contributed by atoms with van der Waals surface area (Å²) < 4.78 is 0. The Kier molecular flexibility index (Phi) is 3.50. The van der Waals surface area contributed by atoms with Gasteiger partial charge in [-0.3, -0.25) is 4.79 Å². The highest BCUT2D eigenvalue weighted by atomic mass is 16.1. The highest BCUT2D eigenvalue weighted by molar-refractivity contribution is 5.78. The van der Waals surface area contributed by atoms with Crippen LogP contribution in [0, 0.1) is 12.8 Å². The summed E-state index contributed by atoms with van der Waals surface area (Å²) in [5, 5.41) is 0. The molecule has 0 bridgehead atoms. The van der Waals surface area contributed by atoms with Gasteiger partial charge in [0.2, 0.25) is 5.91 Å². The molecule has 0 atom stereocenters. The van der Waals surface area contributed by atoms with Crippen molar-refractivity contribution in [1.29, 1.82) is 0 Å². The van der Waals surface area contributed by atoms with E-state index in [1.165, 1.54) is 5.56 Å². The molecule has 0 spiro atoms. The number of carbonyl (C=O) groups is 1. The molecule has 0 saturated heterocycles. The van der Waals surface area contributed by atoms with Gasteiger partial charge in [0.15, 0.2) is 0 Å². The highest BCUT2D eigenvalue weighted by Gasteiger charge is 2.26. The molecule has 0 heterocycles. The van der Waals surface area contributed by atoms with Crippen molar-refractivity contribution in [1.82, 2.24) is 0 Å². The molecule has 2 heteroatoms. The second kappa shape index (κ2) is 4.65. The topological polar surface area (TPSA) is 43.1 Å². The third kappa shape index (κ3) is 4.31. The van der Waals surface area contributed by atoms with Crippen LogP contribution in [0.1, 0.15) is 18.4 Å². The lowest BCUT2D eigenvalue weighted by Gasteiger charge is -1.82. The fraction of sp³-hybridized carbons (Fsp3) is 0.364. The number of rotatable bonds is 1. The lowest BCUT2D eigenvalue weighted by molar-refractivity contribution is -0.119. The fourth-order valence-electron chi connectivity index (χ4n) is 0.902. The molecule has 70 valence electrons. The van der Waals surface area contributed by atoms with Crippen molar-refractivity contribution in [2.24, 2.45) is 11.7 Å². The van der Waals surface area contributed by atoms with Gasteiger partial charge < -0.3 is 5.73 Å². The quantitative estimate of drug-likeness (QED) is 0.699. The molecule has 1 aliphatic rings. The van der Waals surface area contributed by atoms with E-state index in [2.05, 4.69) is 19.1 Å². The number of carbonyl (C=O) groups excluding carboxylic acids is 1. The van der Waals surface area contributed by atoms with Crippen molar-refractivity contribution in [3.05, 3.63) is 35.9 Å². The van der Waals surface area contributed by atoms with E-state index in [1.807, 2.05) is 18.2 Å². The molecule has 2 N–H and O–H groups in total. The third-order valence-electron chi connectivity index (χ3n) is 1.92. The van der Waals surface area contributed by atoms with Crippen molar-refractivity contribution in [3.8, 4) is 0 Å². The average Bonchev–Trinajstić information content (AvgIpc) is 2.88. The normalized spacial score (nSPS) is 14.2. The minimum absolute atomic E-state index is 0.130. The van der Waals surface area contributed by atoms with Crippen LogP contribution in [0.2, 0.25) is 0 Å². The number of primary amides is 1. The SMILES string of the molecule is Cc1ccccc1.NC(=O)C1CC1. The summed E-state index contributed by atoms with van der Waals surface area (Å²) in [5.74, 6) is 0.111. The molecule has 1 fully saturated rings. The Morgan fingerprint density at radius 2 is 1.85 bits per heavy atom. The molecule has 1 aromatic rings. The average molecular weight is 177 g/mol. The Hall–Kier alpha value is -1.31. The summed E-state index contributed by atoms with van der Waals surface area (Å²) in [6.45, 7) is 2.08. The lowest BCUT2D eigenvalue weighted by atomic mass is 10.2. The van der Waals surface area contributed by atoms with Crippen LogP contribution < -0.4 is 5.73 Å². The number of benzene rings is 1. The van der Waals surface area contributed by atoms with Crippen molar-refractivity contribution < 1.29 is 4.79 Å². The van der Waals surface area contributed by atoms with E-state index in [4.69, 9.17) is 5.73 Å². The fourth-order valence-corrected chi connectivity index (χ4v) is 0.902. The zero-order valence-electron chi connectivity index (χ0n) is 7.86. The molecule has 0 radical (unpaired) electrons. The first-order valence-electron chi connectivity index (χ1n) is 4.51. The van der Waals surface area contributed by atoms with Crippen molar-refractivity contribution in [3.63, 3.8) is 0 Å². The molecule has 1 aromatic carbocycles. The maximum absolute atomic E-state index is 9.98. The predicted octanol–water partition coefficient (Wildman–Crippen LogP) is 1.88. The van der Waals surface area contributed by atoms with Gasteiger partial charge >= 0.3 is 0 Å². The van der Waals surface area contributed by atoms with Crippen LogP contribution in [0.5, 0.6) is 0 Å². The number of hydrogen-bond acceptors (Lipinski definition) is 1.